The van der Waals surface area contributed by atoms with Crippen molar-refractivity contribution in [1.29, 1.82) is 0 Å². The van der Waals surface area contributed by atoms with Crippen molar-refractivity contribution >= 4 is 37.6 Å². The van der Waals surface area contributed by atoms with E-state index in [-0.39, 0.29) is 4.90 Å². The summed E-state index contributed by atoms with van der Waals surface area (Å²) in [6.07, 6.45) is 0. The van der Waals surface area contributed by atoms with E-state index in [1.54, 1.807) is 24.3 Å². The van der Waals surface area contributed by atoms with Crippen LogP contribution in [0.3, 0.4) is 0 Å². The van der Waals surface area contributed by atoms with Crippen LogP contribution in [0, 0.1) is 0 Å². The molecule has 0 amide bonds. The molecule has 0 spiro atoms. The van der Waals surface area contributed by atoms with Gasteiger partial charge in [0.25, 0.3) is 10.0 Å². The number of aromatic hydroxyl groups is 1. The minimum Gasteiger partial charge on any atom is -0.507 e. The second-order valence-electron chi connectivity index (χ2n) is 4.10. The summed E-state index contributed by atoms with van der Waals surface area (Å²) < 4.78 is 27.5. The van der Waals surface area contributed by atoms with Gasteiger partial charge >= 0.3 is 5.97 Å². The number of halogens is 1. The molecule has 21 heavy (non-hydrogen) atoms. The van der Waals surface area contributed by atoms with E-state index in [0.717, 1.165) is 22.7 Å². The van der Waals surface area contributed by atoms with Gasteiger partial charge in [-0.05, 0) is 42.5 Å². The third-order valence-corrected chi connectivity index (χ3v) is 4.51. The number of carbonyl (C=O) groups is 1. The molecule has 2 aromatic rings. The second kappa shape index (κ2) is 5.74. The molecule has 2 rings (SSSR count). The first-order chi connectivity index (χ1) is 9.79. The molecule has 3 N–H and O–H groups in total. The van der Waals surface area contributed by atoms with Gasteiger partial charge in [0.1, 0.15) is 11.3 Å². The minimum absolute atomic E-state index is 0.249. The second-order valence-corrected chi connectivity index (χ2v) is 6.69. The van der Waals surface area contributed by atoms with Crippen LogP contribution in [0.4, 0.5) is 5.69 Å². The Bertz CT molecular complexity index is 787. The maximum absolute atomic E-state index is 12.2. The number of sulfonamides is 1. The molecule has 0 aromatic heterocycles. The highest BCUT2D eigenvalue weighted by Gasteiger charge is 2.18. The summed E-state index contributed by atoms with van der Waals surface area (Å²) in [4.78, 5) is 10.7. The quantitative estimate of drug-likeness (QED) is 0.766. The molecule has 110 valence electrons. The van der Waals surface area contributed by atoms with Gasteiger partial charge in [-0.2, -0.15) is 0 Å². The maximum atomic E-state index is 12.2. The van der Waals surface area contributed by atoms with Crippen molar-refractivity contribution in [3.63, 3.8) is 0 Å². The van der Waals surface area contributed by atoms with E-state index in [0.29, 0.717) is 5.69 Å². The SMILES string of the molecule is O=C(O)c1cc(S(=O)(=O)Nc2ccc(Br)cc2)ccc1O. The Morgan fingerprint density at radius 3 is 2.29 bits per heavy atom. The van der Waals surface area contributed by atoms with Crippen LogP contribution in [-0.4, -0.2) is 24.6 Å². The van der Waals surface area contributed by atoms with E-state index in [9.17, 15) is 18.3 Å². The van der Waals surface area contributed by atoms with Crippen LogP contribution in [0.5, 0.6) is 5.75 Å². The first-order valence-electron chi connectivity index (χ1n) is 5.64. The number of benzene rings is 2. The molecule has 0 fully saturated rings. The van der Waals surface area contributed by atoms with Gasteiger partial charge in [-0.25, -0.2) is 13.2 Å². The zero-order valence-corrected chi connectivity index (χ0v) is 12.8. The highest BCUT2D eigenvalue weighted by Crippen LogP contribution is 2.23. The number of anilines is 1. The van der Waals surface area contributed by atoms with Gasteiger partial charge in [-0.15, -0.1) is 0 Å². The van der Waals surface area contributed by atoms with Gasteiger partial charge in [0.15, 0.2) is 0 Å². The summed E-state index contributed by atoms with van der Waals surface area (Å²) in [6, 6.07) is 9.50. The Morgan fingerprint density at radius 1 is 1.10 bits per heavy atom. The Labute approximate surface area is 129 Å². The number of carboxylic acids is 1. The molecule has 0 bridgehead atoms. The van der Waals surface area contributed by atoms with Gasteiger partial charge in [0.2, 0.25) is 0 Å². The summed E-state index contributed by atoms with van der Waals surface area (Å²) in [5.74, 6) is -1.90. The fourth-order valence-corrected chi connectivity index (χ4v) is 2.93. The van der Waals surface area contributed by atoms with E-state index >= 15 is 0 Å². The van der Waals surface area contributed by atoms with Gasteiger partial charge in [-0.3, -0.25) is 4.72 Å². The van der Waals surface area contributed by atoms with E-state index in [2.05, 4.69) is 20.7 Å². The van der Waals surface area contributed by atoms with Crippen LogP contribution in [0.2, 0.25) is 0 Å². The van der Waals surface area contributed by atoms with Crippen LogP contribution >= 0.6 is 15.9 Å². The molecule has 0 saturated carbocycles. The van der Waals surface area contributed by atoms with Crippen LogP contribution in [0.15, 0.2) is 51.8 Å². The van der Waals surface area contributed by atoms with Crippen LogP contribution in [-0.2, 0) is 10.0 Å². The van der Waals surface area contributed by atoms with Crippen LogP contribution in [0.1, 0.15) is 10.4 Å². The maximum Gasteiger partial charge on any atom is 0.339 e. The standard InChI is InChI=1S/C13H10BrNO5S/c14-8-1-3-9(4-2-8)15-21(19,20)10-5-6-12(16)11(7-10)13(17)18/h1-7,15-16H,(H,17,18). The summed E-state index contributed by atoms with van der Waals surface area (Å²) in [5, 5.41) is 18.3. The van der Waals surface area contributed by atoms with Gasteiger partial charge < -0.3 is 10.2 Å². The Balaban J connectivity index is 2.38. The summed E-state index contributed by atoms with van der Waals surface area (Å²) in [5.41, 5.74) is -0.142. The number of rotatable bonds is 4. The average Bonchev–Trinajstić information content (AvgIpc) is 2.41. The first kappa shape index (κ1) is 15.3. The molecule has 6 nitrogen and oxygen atoms in total. The molecular weight excluding hydrogens is 362 g/mol. The topological polar surface area (TPSA) is 104 Å². The molecule has 0 aliphatic carbocycles. The summed E-state index contributed by atoms with van der Waals surface area (Å²) >= 11 is 3.23. The van der Waals surface area contributed by atoms with Gasteiger partial charge in [-0.1, -0.05) is 15.9 Å². The van der Waals surface area contributed by atoms with Gasteiger partial charge in [0, 0.05) is 10.2 Å². The normalized spacial score (nSPS) is 11.1. The number of carboxylic acid groups (broad SMARTS) is 1. The molecule has 8 heteroatoms. The molecule has 0 aliphatic rings. The molecule has 0 radical (unpaired) electrons. The minimum atomic E-state index is -3.94. The Kier molecular flexibility index (Phi) is 4.19. The molecule has 0 heterocycles. The van der Waals surface area contributed by atoms with E-state index < -0.39 is 27.3 Å². The fraction of sp³-hybridized carbons (Fsp3) is 0. The predicted molar refractivity (Wildman–Crippen MR) is 80.0 cm³/mol. The Hall–Kier alpha value is -2.06. The predicted octanol–water partition coefficient (Wildman–Crippen LogP) is 2.65. The lowest BCUT2D eigenvalue weighted by Crippen LogP contribution is -2.13. The number of hydrogen-bond acceptors (Lipinski definition) is 4. The third kappa shape index (κ3) is 3.53. The highest BCUT2D eigenvalue weighted by molar-refractivity contribution is 9.10. The lowest BCUT2D eigenvalue weighted by Gasteiger charge is -2.09. The fourth-order valence-electron chi connectivity index (χ4n) is 1.59. The summed E-state index contributed by atoms with van der Waals surface area (Å²) in [6.45, 7) is 0. The van der Waals surface area contributed by atoms with Crippen molar-refractivity contribution < 1.29 is 23.4 Å². The van der Waals surface area contributed by atoms with Crippen LogP contribution < -0.4 is 4.72 Å². The lowest BCUT2D eigenvalue weighted by molar-refractivity contribution is 0.0693. The smallest absolute Gasteiger partial charge is 0.339 e. The number of nitrogens with one attached hydrogen (secondary N) is 1. The van der Waals surface area contributed by atoms with Crippen molar-refractivity contribution in [1.82, 2.24) is 0 Å². The number of aromatic carboxylic acids is 1. The molecule has 0 aliphatic heterocycles. The molecule has 2 aromatic carbocycles. The number of phenols is 1. The lowest BCUT2D eigenvalue weighted by atomic mass is 10.2. The highest BCUT2D eigenvalue weighted by atomic mass is 79.9. The zero-order chi connectivity index (χ0) is 15.6. The average molecular weight is 372 g/mol. The first-order valence-corrected chi connectivity index (χ1v) is 7.92. The third-order valence-electron chi connectivity index (χ3n) is 2.61. The largest absolute Gasteiger partial charge is 0.507 e. The van der Waals surface area contributed by atoms with E-state index in [1.165, 1.54) is 0 Å². The van der Waals surface area contributed by atoms with Crippen LogP contribution in [0.25, 0.3) is 0 Å². The molecular formula is C13H10BrNO5S. The van der Waals surface area contributed by atoms with Crippen molar-refractivity contribution in [2.75, 3.05) is 4.72 Å². The van der Waals surface area contributed by atoms with Crippen molar-refractivity contribution in [3.05, 3.63) is 52.5 Å². The van der Waals surface area contributed by atoms with Gasteiger partial charge in [0.05, 0.1) is 4.90 Å². The van der Waals surface area contributed by atoms with Crippen molar-refractivity contribution in [3.8, 4) is 5.75 Å². The Morgan fingerprint density at radius 2 is 1.71 bits per heavy atom. The van der Waals surface area contributed by atoms with E-state index in [1.807, 2.05) is 0 Å². The van der Waals surface area contributed by atoms with Crippen molar-refractivity contribution in [2.45, 2.75) is 4.90 Å². The number of hydrogen-bond donors (Lipinski definition) is 3. The summed E-state index contributed by atoms with van der Waals surface area (Å²) in [7, 11) is -3.94. The molecule has 0 saturated heterocycles. The van der Waals surface area contributed by atoms with Crippen molar-refractivity contribution in [2.24, 2.45) is 0 Å². The van der Waals surface area contributed by atoms with E-state index in [4.69, 9.17) is 5.11 Å². The molecule has 0 atom stereocenters. The monoisotopic (exact) mass is 371 g/mol. The molecule has 0 unspecified atom stereocenters. The zero-order valence-electron chi connectivity index (χ0n) is 10.4.